The molecule has 200 valence electrons. The molecule has 2 atom stereocenters. The average Bonchev–Trinajstić information content (AvgIpc) is 3.11. The van der Waals surface area contributed by atoms with Crippen LogP contribution in [0.4, 0.5) is 0 Å². The van der Waals surface area contributed by atoms with E-state index in [0.29, 0.717) is 32.4 Å². The van der Waals surface area contributed by atoms with Crippen LogP contribution in [0.1, 0.15) is 73.6 Å². The van der Waals surface area contributed by atoms with E-state index >= 15 is 0 Å². The van der Waals surface area contributed by atoms with Gasteiger partial charge in [-0.2, -0.15) is 0 Å². The number of likely N-dealkylation sites (N-methyl/N-ethyl adjacent to an activating group) is 1. The number of rotatable bonds is 14. The molecule has 1 fully saturated rings. The fourth-order valence-electron chi connectivity index (χ4n) is 3.40. The zero-order valence-electron chi connectivity index (χ0n) is 22.0. The number of nitrogens with one attached hydrogen (secondary N) is 4. The molecule has 0 aromatic carbocycles. The Morgan fingerprint density at radius 3 is 2.09 bits per heavy atom. The van der Waals surface area contributed by atoms with Gasteiger partial charge in [0.2, 0.25) is 35.4 Å². The molecule has 0 aromatic heterocycles. The van der Waals surface area contributed by atoms with Crippen LogP contribution >= 0.6 is 0 Å². The van der Waals surface area contributed by atoms with Crippen LogP contribution in [0, 0.1) is 11.8 Å². The van der Waals surface area contributed by atoms with E-state index < -0.39 is 17.9 Å². The molecule has 0 aliphatic carbocycles. The number of likely N-dealkylation sites (tertiary alicyclic amines) is 1. The Hall–Kier alpha value is -2.98. The van der Waals surface area contributed by atoms with Gasteiger partial charge in [0, 0.05) is 31.8 Å². The highest BCUT2D eigenvalue weighted by Gasteiger charge is 2.39. The molecular weight excluding hydrogens is 454 g/mol. The maximum absolute atomic E-state index is 12.2. The van der Waals surface area contributed by atoms with Crippen LogP contribution < -0.4 is 21.3 Å². The predicted molar refractivity (Wildman–Crippen MR) is 132 cm³/mol. The number of nitrogens with zero attached hydrogens (tertiary/aromatic N) is 1. The van der Waals surface area contributed by atoms with Gasteiger partial charge in [0.25, 0.3) is 0 Å². The molecular formula is C24H43N5O6. The molecule has 1 aliphatic heterocycles. The van der Waals surface area contributed by atoms with Crippen LogP contribution in [0.3, 0.4) is 0 Å². The molecule has 11 nitrogen and oxygen atoms in total. The number of carbonyl (C=O) groups is 6. The van der Waals surface area contributed by atoms with Crippen LogP contribution in [0.15, 0.2) is 0 Å². The largest absolute Gasteiger partial charge is 0.355 e. The van der Waals surface area contributed by atoms with Crippen molar-refractivity contribution in [2.24, 2.45) is 11.8 Å². The highest BCUT2D eigenvalue weighted by molar-refractivity contribution is 6.03. The normalized spacial score (nSPS) is 15.7. The number of carbonyl (C=O) groups excluding carboxylic acids is 6. The summed E-state index contributed by atoms with van der Waals surface area (Å²) in [6.07, 6.45) is 2.35. The molecule has 1 aliphatic rings. The Labute approximate surface area is 208 Å². The summed E-state index contributed by atoms with van der Waals surface area (Å²) in [4.78, 5) is 72.6. The number of unbranched alkanes of at least 4 members (excludes halogenated alkanes) is 2. The summed E-state index contributed by atoms with van der Waals surface area (Å²) in [6, 6.07) is -0.852. The lowest BCUT2D eigenvalue weighted by atomic mass is 9.94. The number of hydrogen-bond acceptors (Lipinski definition) is 6. The summed E-state index contributed by atoms with van der Waals surface area (Å²) in [5.74, 6) is -1.98. The molecule has 0 aromatic rings. The fourth-order valence-corrected chi connectivity index (χ4v) is 3.40. The van der Waals surface area contributed by atoms with E-state index in [2.05, 4.69) is 21.3 Å². The van der Waals surface area contributed by atoms with Crippen molar-refractivity contribution in [3.8, 4) is 0 Å². The van der Waals surface area contributed by atoms with Gasteiger partial charge in [-0.3, -0.25) is 33.7 Å². The lowest BCUT2D eigenvalue weighted by Gasteiger charge is -2.16. The quantitative estimate of drug-likeness (QED) is 0.202. The molecule has 1 heterocycles. The van der Waals surface area contributed by atoms with Crippen LogP contribution in [0.2, 0.25) is 0 Å². The first-order valence-corrected chi connectivity index (χ1v) is 12.5. The van der Waals surface area contributed by atoms with Crippen LogP contribution in [-0.2, 0) is 28.8 Å². The summed E-state index contributed by atoms with van der Waals surface area (Å²) in [5.41, 5.74) is 0. The molecule has 0 saturated carbocycles. The van der Waals surface area contributed by atoms with Crippen molar-refractivity contribution in [2.45, 2.75) is 79.7 Å². The molecule has 2 unspecified atom stereocenters. The monoisotopic (exact) mass is 497 g/mol. The minimum absolute atomic E-state index is 0.106. The van der Waals surface area contributed by atoms with E-state index in [1.54, 1.807) is 6.92 Å². The number of amides is 6. The lowest BCUT2D eigenvalue weighted by Crippen LogP contribution is -2.49. The summed E-state index contributed by atoms with van der Waals surface area (Å²) in [6.45, 7) is 11.5. The third-order valence-corrected chi connectivity index (χ3v) is 5.38. The van der Waals surface area contributed by atoms with Gasteiger partial charge in [-0.05, 0) is 32.6 Å². The third kappa shape index (κ3) is 12.3. The van der Waals surface area contributed by atoms with Gasteiger partial charge in [-0.25, -0.2) is 0 Å². The van der Waals surface area contributed by atoms with E-state index in [1.807, 2.05) is 27.7 Å². The average molecular weight is 498 g/mol. The zero-order chi connectivity index (χ0) is 27.0. The van der Waals surface area contributed by atoms with Gasteiger partial charge in [0.15, 0.2) is 0 Å². The topological polar surface area (TPSA) is 154 Å². The first-order valence-electron chi connectivity index (χ1n) is 12.5. The maximum Gasteiger partial charge on any atom is 0.242 e. The second-order valence-corrected chi connectivity index (χ2v) is 8.49. The molecule has 6 amide bonds. The van der Waals surface area contributed by atoms with Gasteiger partial charge in [-0.15, -0.1) is 0 Å². The Bertz CT molecular complexity index is 740. The number of imide groups is 1. The summed E-state index contributed by atoms with van der Waals surface area (Å²) >= 11 is 0. The molecule has 4 N–H and O–H groups in total. The highest BCUT2D eigenvalue weighted by Crippen LogP contribution is 2.26. The van der Waals surface area contributed by atoms with E-state index in [0.717, 1.165) is 0 Å². The minimum atomic E-state index is -0.852. The van der Waals surface area contributed by atoms with Crippen LogP contribution in [-0.4, -0.2) is 72.6 Å². The summed E-state index contributed by atoms with van der Waals surface area (Å²) in [5, 5.41) is 9.90. The smallest absolute Gasteiger partial charge is 0.242 e. The summed E-state index contributed by atoms with van der Waals surface area (Å²) < 4.78 is 0. The van der Waals surface area contributed by atoms with Gasteiger partial charge in [0.1, 0.15) is 6.04 Å². The second kappa shape index (κ2) is 17.5. The molecule has 35 heavy (non-hydrogen) atoms. The van der Waals surface area contributed by atoms with Gasteiger partial charge in [0.05, 0.1) is 13.1 Å². The van der Waals surface area contributed by atoms with Crippen molar-refractivity contribution in [1.82, 2.24) is 26.2 Å². The van der Waals surface area contributed by atoms with E-state index in [1.165, 1.54) is 11.8 Å². The van der Waals surface area contributed by atoms with Crippen LogP contribution in [0.25, 0.3) is 0 Å². The summed E-state index contributed by atoms with van der Waals surface area (Å²) in [7, 11) is 0. The molecule has 1 saturated heterocycles. The Balaban J connectivity index is 0.00000562. The van der Waals surface area contributed by atoms with Crippen molar-refractivity contribution in [3.63, 3.8) is 0 Å². The van der Waals surface area contributed by atoms with Crippen molar-refractivity contribution in [1.29, 1.82) is 0 Å². The molecule has 0 spiro atoms. The van der Waals surface area contributed by atoms with Crippen LogP contribution in [0.5, 0.6) is 0 Å². The van der Waals surface area contributed by atoms with Crippen molar-refractivity contribution < 1.29 is 28.8 Å². The third-order valence-electron chi connectivity index (χ3n) is 5.38. The molecule has 11 heteroatoms. The standard InChI is InChI=1S/C22H37N5O6.C2H6/c1-5-23-18(29)12-25-21(32)15(4)26-19(30)13-24-17(28)9-7-6-8-10-27-20(31)11-16(14(2)3)22(27)33;1-2/h14-16H,5-13H2,1-4H3,(H,23,29)(H,24,28)(H,25,32)(H,26,30);1-2H3. The first kappa shape index (κ1) is 32.0. The van der Waals surface area contributed by atoms with Gasteiger partial charge < -0.3 is 21.3 Å². The Kier molecular flexibility index (Phi) is 16.0. The highest BCUT2D eigenvalue weighted by atomic mass is 16.2. The lowest BCUT2D eigenvalue weighted by molar-refractivity contribution is -0.140. The fraction of sp³-hybridized carbons (Fsp3) is 0.750. The van der Waals surface area contributed by atoms with E-state index in [9.17, 15) is 28.8 Å². The Morgan fingerprint density at radius 1 is 0.886 bits per heavy atom. The second-order valence-electron chi connectivity index (χ2n) is 8.49. The van der Waals surface area contributed by atoms with Crippen molar-refractivity contribution in [2.75, 3.05) is 26.2 Å². The molecule has 0 radical (unpaired) electrons. The van der Waals surface area contributed by atoms with Gasteiger partial charge >= 0.3 is 0 Å². The first-order chi connectivity index (χ1) is 16.6. The SMILES string of the molecule is CC.CCNC(=O)CNC(=O)C(C)NC(=O)CNC(=O)CCCCCN1C(=O)CC(C(C)C)C1=O. The molecule has 1 rings (SSSR count). The minimum Gasteiger partial charge on any atom is -0.355 e. The van der Waals surface area contributed by atoms with E-state index in [-0.39, 0.29) is 61.4 Å². The molecule has 0 bridgehead atoms. The zero-order valence-corrected chi connectivity index (χ0v) is 22.0. The maximum atomic E-state index is 12.2. The van der Waals surface area contributed by atoms with E-state index in [4.69, 9.17) is 0 Å². The van der Waals surface area contributed by atoms with Crippen molar-refractivity contribution >= 4 is 35.4 Å². The van der Waals surface area contributed by atoms with Crippen molar-refractivity contribution in [3.05, 3.63) is 0 Å². The Morgan fingerprint density at radius 2 is 1.51 bits per heavy atom. The number of hydrogen-bond donors (Lipinski definition) is 4. The predicted octanol–water partition coefficient (Wildman–Crippen LogP) is 0.477. The van der Waals surface area contributed by atoms with Gasteiger partial charge in [-0.1, -0.05) is 34.1 Å².